The molecule has 0 bridgehead atoms. The number of nitrogens with one attached hydrogen (secondary N) is 1. The number of aryl methyl sites for hydroxylation is 1. The smallest absolute Gasteiger partial charge is 0.256 e. The van der Waals surface area contributed by atoms with Gasteiger partial charge in [0.15, 0.2) is 0 Å². The molecule has 0 unspecified atom stereocenters. The Kier molecular flexibility index (Phi) is 2.85. The first kappa shape index (κ1) is 12.9. The van der Waals surface area contributed by atoms with Crippen molar-refractivity contribution in [3.05, 3.63) is 41.0 Å². The third-order valence-corrected chi connectivity index (χ3v) is 3.71. The average molecular weight is 298 g/mol. The van der Waals surface area contributed by atoms with Crippen molar-refractivity contribution >= 4 is 24.0 Å². The molecule has 22 heavy (non-hydrogen) atoms. The van der Waals surface area contributed by atoms with Crippen LogP contribution in [0.4, 0.5) is 5.88 Å². The molecule has 0 atom stereocenters. The van der Waals surface area contributed by atoms with Gasteiger partial charge in [0, 0.05) is 6.54 Å². The average Bonchev–Trinajstić information content (AvgIpc) is 3.22. The first-order valence-corrected chi connectivity index (χ1v) is 7.03. The highest BCUT2D eigenvalue weighted by molar-refractivity contribution is 6.17. The van der Waals surface area contributed by atoms with E-state index in [1.807, 2.05) is 11.0 Å². The molecular weight excluding hydrogens is 284 g/mol. The SMILES string of the molecule is Cc1oc2c(c1C(=O)NCc1ccco1)C1=NCCN1C=N2. The second-order valence-electron chi connectivity index (χ2n) is 5.12. The largest absolute Gasteiger partial charge is 0.467 e. The number of hydrogen-bond acceptors (Lipinski definition) is 6. The van der Waals surface area contributed by atoms with E-state index in [4.69, 9.17) is 8.83 Å². The summed E-state index contributed by atoms with van der Waals surface area (Å²) in [7, 11) is 0. The van der Waals surface area contributed by atoms with Gasteiger partial charge in [-0.1, -0.05) is 0 Å². The van der Waals surface area contributed by atoms with E-state index in [0.29, 0.717) is 41.6 Å². The van der Waals surface area contributed by atoms with Crippen LogP contribution in [0.1, 0.15) is 27.4 Å². The number of carbonyl (C=O) groups excluding carboxylic acids is 1. The Hall–Kier alpha value is -2.83. The van der Waals surface area contributed by atoms with Gasteiger partial charge in [-0.05, 0) is 19.1 Å². The molecular formula is C15H14N4O3. The van der Waals surface area contributed by atoms with Gasteiger partial charge in [-0.15, -0.1) is 0 Å². The lowest BCUT2D eigenvalue weighted by atomic mass is 10.1. The molecule has 0 aromatic carbocycles. The maximum absolute atomic E-state index is 12.5. The highest BCUT2D eigenvalue weighted by atomic mass is 16.4. The third kappa shape index (κ3) is 1.93. The highest BCUT2D eigenvalue weighted by Gasteiger charge is 2.33. The van der Waals surface area contributed by atoms with Crippen molar-refractivity contribution in [2.75, 3.05) is 13.1 Å². The van der Waals surface area contributed by atoms with Gasteiger partial charge < -0.3 is 19.1 Å². The molecule has 0 saturated carbocycles. The Bertz CT molecular complexity index is 786. The predicted molar refractivity (Wildman–Crippen MR) is 79.6 cm³/mol. The van der Waals surface area contributed by atoms with Crippen molar-refractivity contribution in [1.29, 1.82) is 0 Å². The quantitative estimate of drug-likeness (QED) is 0.937. The van der Waals surface area contributed by atoms with Crippen LogP contribution in [0.2, 0.25) is 0 Å². The summed E-state index contributed by atoms with van der Waals surface area (Å²) >= 11 is 0. The fraction of sp³-hybridized carbons (Fsp3) is 0.267. The molecule has 0 saturated heterocycles. The first-order valence-electron chi connectivity index (χ1n) is 7.03. The minimum atomic E-state index is -0.217. The third-order valence-electron chi connectivity index (χ3n) is 3.71. The van der Waals surface area contributed by atoms with Crippen LogP contribution in [0, 0.1) is 6.92 Å². The Morgan fingerprint density at radius 2 is 2.41 bits per heavy atom. The van der Waals surface area contributed by atoms with Crippen LogP contribution in [0.15, 0.2) is 37.2 Å². The van der Waals surface area contributed by atoms with Crippen LogP contribution in [0.3, 0.4) is 0 Å². The number of carbonyl (C=O) groups is 1. The van der Waals surface area contributed by atoms with Gasteiger partial charge in [0.1, 0.15) is 23.7 Å². The van der Waals surface area contributed by atoms with Crippen molar-refractivity contribution in [3.63, 3.8) is 0 Å². The van der Waals surface area contributed by atoms with Crippen LogP contribution < -0.4 is 5.32 Å². The molecule has 0 fully saturated rings. The van der Waals surface area contributed by atoms with Crippen molar-refractivity contribution in [2.45, 2.75) is 13.5 Å². The number of nitrogens with zero attached hydrogens (tertiary/aromatic N) is 3. The van der Waals surface area contributed by atoms with Crippen LogP contribution in [0.25, 0.3) is 0 Å². The van der Waals surface area contributed by atoms with Crippen LogP contribution >= 0.6 is 0 Å². The van der Waals surface area contributed by atoms with Crippen molar-refractivity contribution in [2.24, 2.45) is 9.98 Å². The summed E-state index contributed by atoms with van der Waals surface area (Å²) in [6.45, 7) is 3.55. The Labute approximate surface area is 126 Å². The van der Waals surface area contributed by atoms with Crippen LogP contribution in [0.5, 0.6) is 0 Å². The van der Waals surface area contributed by atoms with E-state index in [9.17, 15) is 4.79 Å². The van der Waals surface area contributed by atoms with Crippen LogP contribution in [-0.2, 0) is 6.54 Å². The van der Waals surface area contributed by atoms with E-state index in [0.717, 1.165) is 12.4 Å². The molecule has 7 nitrogen and oxygen atoms in total. The summed E-state index contributed by atoms with van der Waals surface area (Å²) in [5.41, 5.74) is 1.17. The van der Waals surface area contributed by atoms with E-state index in [-0.39, 0.29) is 5.91 Å². The number of amidine groups is 1. The maximum atomic E-state index is 12.5. The molecule has 1 N–H and O–H groups in total. The molecule has 2 aliphatic heterocycles. The van der Waals surface area contributed by atoms with Gasteiger partial charge in [0.2, 0.25) is 5.88 Å². The van der Waals surface area contributed by atoms with Crippen molar-refractivity contribution in [1.82, 2.24) is 10.2 Å². The number of fused-ring (bicyclic) bond motifs is 3. The molecule has 2 aliphatic rings. The molecule has 2 aromatic heterocycles. The normalized spacial score (nSPS) is 15.5. The minimum Gasteiger partial charge on any atom is -0.467 e. The number of aliphatic imine (C=N–C) groups is 2. The highest BCUT2D eigenvalue weighted by Crippen LogP contribution is 2.34. The number of hydrogen-bond donors (Lipinski definition) is 1. The summed E-state index contributed by atoms with van der Waals surface area (Å²) in [6.07, 6.45) is 3.27. The Balaban J connectivity index is 1.66. The van der Waals surface area contributed by atoms with Gasteiger partial charge in [-0.2, -0.15) is 0 Å². The lowest BCUT2D eigenvalue weighted by molar-refractivity contribution is 0.0946. The first-order chi connectivity index (χ1) is 10.7. The number of furan rings is 2. The summed E-state index contributed by atoms with van der Waals surface area (Å²) in [6, 6.07) is 3.59. The molecule has 2 aromatic rings. The summed E-state index contributed by atoms with van der Waals surface area (Å²) in [4.78, 5) is 23.2. The molecule has 4 heterocycles. The Morgan fingerprint density at radius 1 is 1.50 bits per heavy atom. The molecule has 0 radical (unpaired) electrons. The second kappa shape index (κ2) is 4.87. The topological polar surface area (TPSA) is 83.3 Å². The lowest BCUT2D eigenvalue weighted by Crippen LogP contribution is -2.32. The van der Waals surface area contributed by atoms with Crippen LogP contribution in [-0.4, -0.2) is 36.1 Å². The van der Waals surface area contributed by atoms with Gasteiger partial charge in [-0.3, -0.25) is 9.79 Å². The molecule has 0 spiro atoms. The van der Waals surface area contributed by atoms with Crippen molar-refractivity contribution < 1.29 is 13.6 Å². The zero-order chi connectivity index (χ0) is 15.1. The standard InChI is InChI=1S/C15H14N4O3/c1-9-11(14(20)17-7-10-3-2-6-21-10)12-13-16-4-5-19(13)8-18-15(12)22-9/h2-3,6,8H,4-5,7H2,1H3,(H,17,20). The predicted octanol–water partition coefficient (Wildman–Crippen LogP) is 1.85. The fourth-order valence-corrected chi connectivity index (χ4v) is 2.69. The summed E-state index contributed by atoms with van der Waals surface area (Å²) in [5.74, 6) is 2.21. The fourth-order valence-electron chi connectivity index (χ4n) is 2.69. The Morgan fingerprint density at radius 3 is 3.23 bits per heavy atom. The molecule has 0 aliphatic carbocycles. The molecule has 1 amide bonds. The number of amides is 1. The zero-order valence-electron chi connectivity index (χ0n) is 12.0. The molecule has 112 valence electrons. The van der Waals surface area contributed by atoms with Gasteiger partial charge >= 0.3 is 0 Å². The monoisotopic (exact) mass is 298 g/mol. The van der Waals surface area contributed by atoms with E-state index in [1.165, 1.54) is 0 Å². The van der Waals surface area contributed by atoms with Crippen molar-refractivity contribution in [3.8, 4) is 0 Å². The van der Waals surface area contributed by atoms with Gasteiger partial charge in [0.05, 0.1) is 30.5 Å². The van der Waals surface area contributed by atoms with E-state index >= 15 is 0 Å². The second-order valence-corrected chi connectivity index (χ2v) is 5.12. The zero-order valence-corrected chi connectivity index (χ0v) is 12.0. The van der Waals surface area contributed by atoms with Gasteiger partial charge in [-0.25, -0.2) is 4.99 Å². The van der Waals surface area contributed by atoms with E-state index < -0.39 is 0 Å². The molecule has 4 rings (SSSR count). The number of rotatable bonds is 3. The van der Waals surface area contributed by atoms with Gasteiger partial charge in [0.25, 0.3) is 5.91 Å². The maximum Gasteiger partial charge on any atom is 0.256 e. The lowest BCUT2D eigenvalue weighted by Gasteiger charge is -2.18. The minimum absolute atomic E-state index is 0.217. The summed E-state index contributed by atoms with van der Waals surface area (Å²) < 4.78 is 10.8. The molecule has 7 heteroatoms. The summed E-state index contributed by atoms with van der Waals surface area (Å²) in [5, 5.41) is 2.84. The van der Waals surface area contributed by atoms with E-state index in [2.05, 4.69) is 15.3 Å². The van der Waals surface area contributed by atoms with E-state index in [1.54, 1.807) is 25.6 Å².